The number of ether oxygens (including phenoxy) is 1. The Morgan fingerprint density at radius 3 is 2.51 bits per heavy atom. The molecular weight excluding hydrogens is 463 g/mol. The quantitative estimate of drug-likeness (QED) is 0.285. The van der Waals surface area contributed by atoms with Gasteiger partial charge in [0, 0.05) is 11.4 Å². The number of aromatic nitrogens is 3. The summed E-state index contributed by atoms with van der Waals surface area (Å²) in [7, 11) is 0. The summed E-state index contributed by atoms with van der Waals surface area (Å²) in [4.78, 5) is 12.8. The number of rotatable bonds is 9. The van der Waals surface area contributed by atoms with Crippen LogP contribution in [0.15, 0.2) is 78.0 Å². The molecule has 1 amide bonds. The molecule has 0 bridgehead atoms. The van der Waals surface area contributed by atoms with Crippen molar-refractivity contribution in [2.75, 3.05) is 11.1 Å². The van der Waals surface area contributed by atoms with Crippen LogP contribution in [0.4, 0.5) is 10.1 Å². The van der Waals surface area contributed by atoms with Gasteiger partial charge in [0.05, 0.1) is 5.75 Å². The van der Waals surface area contributed by atoms with Crippen molar-refractivity contribution in [3.63, 3.8) is 0 Å². The zero-order valence-corrected chi connectivity index (χ0v) is 20.7. The van der Waals surface area contributed by atoms with Crippen LogP contribution in [-0.4, -0.2) is 26.4 Å². The van der Waals surface area contributed by atoms with Crippen LogP contribution >= 0.6 is 11.8 Å². The first-order chi connectivity index (χ1) is 17.0. The summed E-state index contributed by atoms with van der Waals surface area (Å²) >= 11 is 1.31. The van der Waals surface area contributed by atoms with E-state index in [9.17, 15) is 9.18 Å². The average molecular weight is 491 g/mol. The molecular formula is C27H27FN4O2S. The van der Waals surface area contributed by atoms with Gasteiger partial charge in [0.15, 0.2) is 17.1 Å². The molecule has 1 N–H and O–H groups in total. The van der Waals surface area contributed by atoms with E-state index in [-0.39, 0.29) is 17.5 Å². The summed E-state index contributed by atoms with van der Waals surface area (Å²) in [6, 6.07) is 21.5. The van der Waals surface area contributed by atoms with Crippen molar-refractivity contribution in [1.82, 2.24) is 14.8 Å². The summed E-state index contributed by atoms with van der Waals surface area (Å²) in [5.74, 6) is 0.843. The number of nitrogens with zero attached hydrogens (tertiary/aromatic N) is 3. The predicted molar refractivity (Wildman–Crippen MR) is 137 cm³/mol. The number of nitrogens with one attached hydrogen (secondary N) is 1. The van der Waals surface area contributed by atoms with Gasteiger partial charge in [-0.05, 0) is 67.8 Å². The number of anilines is 1. The molecule has 4 rings (SSSR count). The smallest absolute Gasteiger partial charge is 0.234 e. The Balaban J connectivity index is 1.54. The second-order valence-electron chi connectivity index (χ2n) is 8.03. The number of carbonyl (C=O) groups is 1. The SMILES string of the molecule is CCc1cccc(C)c1NC(=O)CSc1nnc(C(C)Oc2ccc(F)cc2)n1-c1ccccc1. The minimum absolute atomic E-state index is 0.112. The van der Waals surface area contributed by atoms with Crippen molar-refractivity contribution < 1.29 is 13.9 Å². The molecule has 0 saturated carbocycles. The van der Waals surface area contributed by atoms with E-state index in [0.717, 1.165) is 28.9 Å². The molecule has 8 heteroatoms. The summed E-state index contributed by atoms with van der Waals surface area (Å²) in [5.41, 5.74) is 3.86. The van der Waals surface area contributed by atoms with Gasteiger partial charge in [-0.3, -0.25) is 9.36 Å². The largest absolute Gasteiger partial charge is 0.483 e. The molecule has 180 valence electrons. The van der Waals surface area contributed by atoms with Crippen LogP contribution in [0.2, 0.25) is 0 Å². The molecule has 0 aliphatic rings. The van der Waals surface area contributed by atoms with Crippen LogP contribution in [0.25, 0.3) is 5.69 Å². The lowest BCUT2D eigenvalue weighted by Crippen LogP contribution is -2.17. The Bertz CT molecular complexity index is 1290. The fourth-order valence-corrected chi connectivity index (χ4v) is 4.49. The number of halogens is 1. The Kier molecular flexibility index (Phi) is 7.82. The first-order valence-electron chi connectivity index (χ1n) is 11.4. The third kappa shape index (κ3) is 5.89. The summed E-state index contributed by atoms with van der Waals surface area (Å²) in [5, 5.41) is 12.4. The highest BCUT2D eigenvalue weighted by molar-refractivity contribution is 7.99. The Labute approximate surface area is 208 Å². The topological polar surface area (TPSA) is 69.0 Å². The molecule has 6 nitrogen and oxygen atoms in total. The van der Waals surface area contributed by atoms with Gasteiger partial charge in [-0.2, -0.15) is 0 Å². The third-order valence-electron chi connectivity index (χ3n) is 5.50. The van der Waals surface area contributed by atoms with Crippen molar-refractivity contribution in [3.05, 3.63) is 95.6 Å². The van der Waals surface area contributed by atoms with E-state index in [4.69, 9.17) is 4.74 Å². The van der Waals surface area contributed by atoms with Gasteiger partial charge in [-0.25, -0.2) is 4.39 Å². The van der Waals surface area contributed by atoms with Crippen molar-refractivity contribution in [2.45, 2.75) is 38.5 Å². The normalized spacial score (nSPS) is 11.8. The predicted octanol–water partition coefficient (Wildman–Crippen LogP) is 6.15. The lowest BCUT2D eigenvalue weighted by Gasteiger charge is -2.17. The first kappa shape index (κ1) is 24.5. The van der Waals surface area contributed by atoms with E-state index < -0.39 is 6.10 Å². The molecule has 4 aromatic rings. The maximum atomic E-state index is 13.3. The number of benzene rings is 3. The van der Waals surface area contributed by atoms with Gasteiger partial charge in [0.2, 0.25) is 5.91 Å². The molecule has 1 aromatic heterocycles. The summed E-state index contributed by atoms with van der Waals surface area (Å²) in [6.07, 6.45) is 0.373. The van der Waals surface area contributed by atoms with E-state index in [1.165, 1.54) is 23.9 Å². The Morgan fingerprint density at radius 1 is 1.06 bits per heavy atom. The number of thioether (sulfide) groups is 1. The zero-order chi connectivity index (χ0) is 24.8. The lowest BCUT2D eigenvalue weighted by molar-refractivity contribution is -0.113. The minimum atomic E-state index is -0.463. The molecule has 1 heterocycles. The molecule has 1 unspecified atom stereocenters. The average Bonchev–Trinajstić information content (AvgIpc) is 3.30. The highest BCUT2D eigenvalue weighted by Crippen LogP contribution is 2.28. The van der Waals surface area contributed by atoms with Crippen LogP contribution in [0, 0.1) is 12.7 Å². The van der Waals surface area contributed by atoms with E-state index in [1.807, 2.05) is 66.9 Å². The van der Waals surface area contributed by atoms with Crippen LogP contribution in [0.3, 0.4) is 0 Å². The number of amides is 1. The van der Waals surface area contributed by atoms with Crippen molar-refractivity contribution in [2.24, 2.45) is 0 Å². The Morgan fingerprint density at radius 2 is 1.80 bits per heavy atom. The highest BCUT2D eigenvalue weighted by Gasteiger charge is 2.22. The molecule has 0 saturated heterocycles. The summed E-state index contributed by atoms with van der Waals surface area (Å²) < 4.78 is 21.2. The van der Waals surface area contributed by atoms with Gasteiger partial charge in [-0.15, -0.1) is 10.2 Å². The van der Waals surface area contributed by atoms with E-state index in [2.05, 4.69) is 22.4 Å². The van der Waals surface area contributed by atoms with Crippen molar-refractivity contribution in [3.8, 4) is 11.4 Å². The van der Waals surface area contributed by atoms with E-state index >= 15 is 0 Å². The van der Waals surface area contributed by atoms with Crippen LogP contribution < -0.4 is 10.1 Å². The van der Waals surface area contributed by atoms with Crippen LogP contribution in [0.5, 0.6) is 5.75 Å². The van der Waals surface area contributed by atoms with Gasteiger partial charge in [-0.1, -0.05) is 55.1 Å². The van der Waals surface area contributed by atoms with E-state index in [0.29, 0.717) is 16.7 Å². The van der Waals surface area contributed by atoms with Gasteiger partial charge >= 0.3 is 0 Å². The Hall–Kier alpha value is -3.65. The molecule has 3 aromatic carbocycles. The third-order valence-corrected chi connectivity index (χ3v) is 6.43. The number of aryl methyl sites for hydroxylation is 2. The molecule has 0 aliphatic carbocycles. The van der Waals surface area contributed by atoms with Gasteiger partial charge < -0.3 is 10.1 Å². The second-order valence-corrected chi connectivity index (χ2v) is 8.97. The fraction of sp³-hybridized carbons (Fsp3) is 0.222. The molecule has 0 fully saturated rings. The number of para-hydroxylation sites is 2. The van der Waals surface area contributed by atoms with Crippen LogP contribution in [-0.2, 0) is 11.2 Å². The maximum Gasteiger partial charge on any atom is 0.234 e. The number of hydrogen-bond donors (Lipinski definition) is 1. The molecule has 0 aliphatic heterocycles. The number of carbonyl (C=O) groups excluding carboxylic acids is 1. The minimum Gasteiger partial charge on any atom is -0.483 e. The monoisotopic (exact) mass is 490 g/mol. The molecule has 0 radical (unpaired) electrons. The molecule has 0 spiro atoms. The standard InChI is InChI=1S/C27H27FN4O2S/c1-4-20-10-8-9-18(2)25(20)29-24(33)17-35-27-31-30-26(32(27)22-11-6-5-7-12-22)19(3)34-23-15-13-21(28)14-16-23/h5-16,19H,4,17H2,1-3H3,(H,29,33). The second kappa shape index (κ2) is 11.2. The highest BCUT2D eigenvalue weighted by atomic mass is 32.2. The number of hydrogen-bond acceptors (Lipinski definition) is 5. The van der Waals surface area contributed by atoms with Gasteiger partial charge in [0.1, 0.15) is 11.6 Å². The van der Waals surface area contributed by atoms with Crippen LogP contribution in [0.1, 0.15) is 36.9 Å². The fourth-order valence-electron chi connectivity index (χ4n) is 3.74. The zero-order valence-electron chi connectivity index (χ0n) is 19.9. The lowest BCUT2D eigenvalue weighted by atomic mass is 10.1. The van der Waals surface area contributed by atoms with Gasteiger partial charge in [0.25, 0.3) is 0 Å². The van der Waals surface area contributed by atoms with Crippen molar-refractivity contribution >= 4 is 23.4 Å². The summed E-state index contributed by atoms with van der Waals surface area (Å²) in [6.45, 7) is 5.92. The molecule has 35 heavy (non-hydrogen) atoms. The molecule has 1 atom stereocenters. The first-order valence-corrected chi connectivity index (χ1v) is 12.4. The van der Waals surface area contributed by atoms with Crippen molar-refractivity contribution in [1.29, 1.82) is 0 Å². The maximum absolute atomic E-state index is 13.3. The van der Waals surface area contributed by atoms with E-state index in [1.54, 1.807) is 12.1 Å².